The van der Waals surface area contributed by atoms with Crippen LogP contribution in [0.25, 0.3) is 0 Å². The van der Waals surface area contributed by atoms with E-state index in [9.17, 15) is 13.6 Å². The second-order valence-corrected chi connectivity index (χ2v) is 7.28. The average molecular weight is 428 g/mol. The highest BCUT2D eigenvalue weighted by molar-refractivity contribution is 7.12. The summed E-state index contributed by atoms with van der Waals surface area (Å²) < 4.78 is 33.0. The quantitative estimate of drug-likeness (QED) is 0.536. The van der Waals surface area contributed by atoms with Crippen molar-refractivity contribution in [3.63, 3.8) is 0 Å². The zero-order valence-corrected chi connectivity index (χ0v) is 16.1. The van der Waals surface area contributed by atoms with Crippen molar-refractivity contribution in [3.05, 3.63) is 85.5 Å². The second kappa shape index (κ2) is 8.69. The standard InChI is InChI=1S/C19H13Cl2F2NO2S/c20-12-5-4-11(14(21)8-12)10-26-17-6-7-27-18(17)19(25)24-9-13-15(22)2-1-3-16(13)23/h1-8H,9-10H2,(H,24,25). The maximum atomic E-state index is 13.7. The number of benzene rings is 2. The number of carbonyl (C=O) groups is 1. The highest BCUT2D eigenvalue weighted by Gasteiger charge is 2.17. The smallest absolute Gasteiger partial charge is 0.265 e. The normalized spacial score (nSPS) is 10.7. The topological polar surface area (TPSA) is 38.3 Å². The molecule has 8 heteroatoms. The number of hydrogen-bond donors (Lipinski definition) is 1. The number of amides is 1. The molecule has 3 aromatic rings. The highest BCUT2D eigenvalue weighted by atomic mass is 35.5. The molecular weight excluding hydrogens is 415 g/mol. The van der Waals surface area contributed by atoms with Gasteiger partial charge in [-0.15, -0.1) is 11.3 Å². The summed E-state index contributed by atoms with van der Waals surface area (Å²) in [7, 11) is 0. The fourth-order valence-electron chi connectivity index (χ4n) is 2.32. The Kier molecular flexibility index (Phi) is 6.31. The molecule has 1 N–H and O–H groups in total. The Morgan fingerprint density at radius 2 is 1.85 bits per heavy atom. The first-order valence-electron chi connectivity index (χ1n) is 7.81. The van der Waals surface area contributed by atoms with Gasteiger partial charge in [0.05, 0.1) is 0 Å². The molecule has 0 atom stereocenters. The van der Waals surface area contributed by atoms with Crippen LogP contribution in [-0.2, 0) is 13.2 Å². The van der Waals surface area contributed by atoms with Crippen LogP contribution in [0.5, 0.6) is 5.75 Å². The number of rotatable bonds is 6. The largest absolute Gasteiger partial charge is 0.487 e. The Hall–Kier alpha value is -2.15. The summed E-state index contributed by atoms with van der Waals surface area (Å²) >= 11 is 13.1. The summed E-state index contributed by atoms with van der Waals surface area (Å²) in [4.78, 5) is 12.7. The average Bonchev–Trinajstić information content (AvgIpc) is 3.09. The fourth-order valence-corrected chi connectivity index (χ4v) is 3.53. The van der Waals surface area contributed by atoms with E-state index in [1.165, 1.54) is 6.07 Å². The van der Waals surface area contributed by atoms with Crippen molar-refractivity contribution in [2.45, 2.75) is 13.2 Å². The van der Waals surface area contributed by atoms with Crippen molar-refractivity contribution < 1.29 is 18.3 Å². The molecule has 1 heterocycles. The van der Waals surface area contributed by atoms with Crippen molar-refractivity contribution in [2.75, 3.05) is 0 Å². The Labute approximate surface area is 168 Å². The molecule has 1 aromatic heterocycles. The Morgan fingerprint density at radius 1 is 1.11 bits per heavy atom. The number of halogens is 4. The van der Waals surface area contributed by atoms with Crippen LogP contribution in [0.2, 0.25) is 10.0 Å². The number of hydrogen-bond acceptors (Lipinski definition) is 3. The summed E-state index contributed by atoms with van der Waals surface area (Å²) in [6.07, 6.45) is 0. The Bertz CT molecular complexity index is 958. The molecule has 0 unspecified atom stereocenters. The summed E-state index contributed by atoms with van der Waals surface area (Å²) in [6, 6.07) is 10.2. The lowest BCUT2D eigenvalue weighted by Crippen LogP contribution is -2.23. The monoisotopic (exact) mass is 427 g/mol. The minimum Gasteiger partial charge on any atom is -0.487 e. The molecule has 2 aromatic carbocycles. The third-order valence-corrected chi connectivity index (χ3v) is 5.20. The van der Waals surface area contributed by atoms with Gasteiger partial charge in [-0.05, 0) is 35.7 Å². The van der Waals surface area contributed by atoms with Crippen molar-refractivity contribution in [1.82, 2.24) is 5.32 Å². The van der Waals surface area contributed by atoms with Crippen LogP contribution in [-0.4, -0.2) is 5.91 Å². The van der Waals surface area contributed by atoms with Crippen molar-refractivity contribution in [1.29, 1.82) is 0 Å². The van der Waals surface area contributed by atoms with E-state index in [-0.39, 0.29) is 18.7 Å². The van der Waals surface area contributed by atoms with E-state index in [1.54, 1.807) is 29.6 Å². The molecule has 0 bridgehead atoms. The van der Waals surface area contributed by atoms with Crippen molar-refractivity contribution >= 4 is 40.4 Å². The lowest BCUT2D eigenvalue weighted by atomic mass is 10.2. The summed E-state index contributed by atoms with van der Waals surface area (Å²) in [5.74, 6) is -1.55. The van der Waals surface area contributed by atoms with Crippen LogP contribution >= 0.6 is 34.5 Å². The zero-order chi connectivity index (χ0) is 19.4. The van der Waals surface area contributed by atoms with Gasteiger partial charge in [-0.2, -0.15) is 0 Å². The van der Waals surface area contributed by atoms with Crippen LogP contribution in [0.1, 0.15) is 20.8 Å². The van der Waals surface area contributed by atoms with Gasteiger partial charge in [0.15, 0.2) is 0 Å². The van der Waals surface area contributed by atoms with Crippen molar-refractivity contribution in [3.8, 4) is 5.75 Å². The molecule has 0 radical (unpaired) electrons. The first-order valence-corrected chi connectivity index (χ1v) is 9.44. The summed E-state index contributed by atoms with van der Waals surface area (Å²) in [6.45, 7) is -0.118. The number of thiophene rings is 1. The summed E-state index contributed by atoms with van der Waals surface area (Å²) in [5.41, 5.74) is 0.518. The molecule has 0 aliphatic heterocycles. The molecule has 0 aliphatic rings. The van der Waals surface area contributed by atoms with E-state index in [1.807, 2.05) is 0 Å². The zero-order valence-electron chi connectivity index (χ0n) is 13.8. The van der Waals surface area contributed by atoms with Crippen LogP contribution in [0.4, 0.5) is 8.78 Å². The van der Waals surface area contributed by atoms with Gasteiger partial charge < -0.3 is 10.1 Å². The number of carbonyl (C=O) groups excluding carboxylic acids is 1. The minimum atomic E-state index is -0.713. The molecule has 27 heavy (non-hydrogen) atoms. The lowest BCUT2D eigenvalue weighted by Gasteiger charge is -2.10. The molecular formula is C19H13Cl2F2NO2S. The highest BCUT2D eigenvalue weighted by Crippen LogP contribution is 2.28. The Balaban J connectivity index is 1.66. The first kappa shape index (κ1) is 19.6. The van der Waals surface area contributed by atoms with E-state index in [2.05, 4.69) is 5.32 Å². The predicted molar refractivity (Wildman–Crippen MR) is 103 cm³/mol. The predicted octanol–water partition coefficient (Wildman–Crippen LogP) is 5.84. The van der Waals surface area contributed by atoms with Gasteiger partial charge in [0, 0.05) is 27.7 Å². The molecule has 0 fully saturated rings. The molecule has 0 spiro atoms. The maximum absolute atomic E-state index is 13.7. The molecule has 0 saturated heterocycles. The van der Waals surface area contributed by atoms with E-state index < -0.39 is 17.5 Å². The van der Waals surface area contributed by atoms with Gasteiger partial charge in [0.1, 0.15) is 28.9 Å². The van der Waals surface area contributed by atoms with E-state index >= 15 is 0 Å². The van der Waals surface area contributed by atoms with Gasteiger partial charge in [-0.3, -0.25) is 4.79 Å². The van der Waals surface area contributed by atoms with Crippen LogP contribution < -0.4 is 10.1 Å². The first-order chi connectivity index (χ1) is 13.0. The molecule has 0 aliphatic carbocycles. The van der Waals surface area contributed by atoms with E-state index in [4.69, 9.17) is 27.9 Å². The van der Waals surface area contributed by atoms with Crippen LogP contribution in [0, 0.1) is 11.6 Å². The summed E-state index contributed by atoms with van der Waals surface area (Å²) in [5, 5.41) is 5.17. The van der Waals surface area contributed by atoms with Crippen LogP contribution in [0.15, 0.2) is 47.8 Å². The lowest BCUT2D eigenvalue weighted by molar-refractivity contribution is 0.0950. The molecule has 0 saturated carbocycles. The van der Waals surface area contributed by atoms with Crippen LogP contribution in [0.3, 0.4) is 0 Å². The van der Waals surface area contributed by atoms with Gasteiger partial charge >= 0.3 is 0 Å². The van der Waals surface area contributed by atoms with Crippen molar-refractivity contribution in [2.24, 2.45) is 0 Å². The fraction of sp³-hybridized carbons (Fsp3) is 0.105. The molecule has 140 valence electrons. The van der Waals surface area contributed by atoms with E-state index in [0.717, 1.165) is 23.5 Å². The van der Waals surface area contributed by atoms with Gasteiger partial charge in [0.25, 0.3) is 5.91 Å². The third kappa shape index (κ3) is 4.77. The number of nitrogens with one attached hydrogen (secondary N) is 1. The minimum absolute atomic E-state index is 0.148. The molecule has 1 amide bonds. The molecule has 3 nitrogen and oxygen atoms in total. The van der Waals surface area contributed by atoms with Gasteiger partial charge in [-0.25, -0.2) is 8.78 Å². The van der Waals surface area contributed by atoms with Gasteiger partial charge in [-0.1, -0.05) is 35.3 Å². The second-order valence-electron chi connectivity index (χ2n) is 5.52. The third-order valence-electron chi connectivity index (χ3n) is 3.72. The maximum Gasteiger partial charge on any atom is 0.265 e. The number of ether oxygens (including phenoxy) is 1. The van der Waals surface area contributed by atoms with Gasteiger partial charge in [0.2, 0.25) is 0 Å². The molecule has 3 rings (SSSR count). The SMILES string of the molecule is O=C(NCc1c(F)cccc1F)c1sccc1OCc1ccc(Cl)cc1Cl. The Morgan fingerprint density at radius 3 is 2.56 bits per heavy atom. The van der Waals surface area contributed by atoms with E-state index in [0.29, 0.717) is 26.2 Å².